The van der Waals surface area contributed by atoms with Gasteiger partial charge in [-0.3, -0.25) is 0 Å². The number of sulfonamides is 1. The third-order valence-electron chi connectivity index (χ3n) is 2.50. The second kappa shape index (κ2) is 8.52. The number of benzene rings is 1. The average Bonchev–Trinajstić information content (AvgIpc) is 2.33. The molecule has 108 valence electrons. The monoisotopic (exact) mass is 385 g/mol. The van der Waals surface area contributed by atoms with E-state index in [0.717, 1.165) is 29.5 Å². The molecule has 0 unspecified atom stereocenters. The summed E-state index contributed by atoms with van der Waals surface area (Å²) in [5.74, 6) is 1.12. The van der Waals surface area contributed by atoms with Crippen molar-refractivity contribution in [3.8, 4) is 0 Å². The van der Waals surface area contributed by atoms with Gasteiger partial charge in [-0.25, -0.2) is 13.1 Å². The molecule has 3 nitrogen and oxygen atoms in total. The van der Waals surface area contributed by atoms with Gasteiger partial charge >= 0.3 is 0 Å². The molecule has 0 heterocycles. The number of hydrogen-bond donors (Lipinski definition) is 1. The van der Waals surface area contributed by atoms with Crippen molar-refractivity contribution in [1.82, 2.24) is 4.72 Å². The first-order valence-corrected chi connectivity index (χ1v) is 9.96. The van der Waals surface area contributed by atoms with E-state index >= 15 is 0 Å². The molecule has 0 saturated heterocycles. The van der Waals surface area contributed by atoms with Crippen LogP contribution in [0, 0.1) is 0 Å². The fraction of sp³-hybridized carbons (Fsp3) is 0.500. The number of thioether (sulfide) groups is 1. The van der Waals surface area contributed by atoms with E-state index < -0.39 is 10.0 Å². The van der Waals surface area contributed by atoms with Gasteiger partial charge in [0.25, 0.3) is 0 Å². The quantitative estimate of drug-likeness (QED) is 0.689. The minimum atomic E-state index is -3.51. The highest BCUT2D eigenvalue weighted by atomic mass is 79.9. The van der Waals surface area contributed by atoms with Gasteiger partial charge < -0.3 is 0 Å². The highest BCUT2D eigenvalue weighted by molar-refractivity contribution is 9.10. The van der Waals surface area contributed by atoms with Gasteiger partial charge in [-0.1, -0.05) is 34.0 Å². The van der Waals surface area contributed by atoms with Gasteiger partial charge in [-0.05, 0) is 43.0 Å². The van der Waals surface area contributed by atoms with Gasteiger partial charge in [0.05, 0.1) is 5.02 Å². The maximum absolute atomic E-state index is 12.0. The molecule has 7 heteroatoms. The Morgan fingerprint density at radius 3 is 2.68 bits per heavy atom. The van der Waals surface area contributed by atoms with Crippen molar-refractivity contribution in [3.05, 3.63) is 27.7 Å². The third-order valence-corrected chi connectivity index (χ3v) is 5.63. The molecule has 0 aliphatic heterocycles. The standard InChI is InChI=1S/C12H17BrClNO2S2/c1-18-8-4-2-3-7-15-19(16,17)12-6-5-10(13)9-11(12)14/h5-6,9,15H,2-4,7-8H2,1H3. The molecular weight excluding hydrogens is 370 g/mol. The van der Waals surface area contributed by atoms with Gasteiger partial charge in [0.1, 0.15) is 4.90 Å². The van der Waals surface area contributed by atoms with E-state index in [2.05, 4.69) is 26.9 Å². The van der Waals surface area contributed by atoms with Gasteiger partial charge in [0, 0.05) is 11.0 Å². The lowest BCUT2D eigenvalue weighted by Gasteiger charge is -2.08. The molecule has 0 bridgehead atoms. The van der Waals surface area contributed by atoms with Crippen molar-refractivity contribution in [2.45, 2.75) is 24.2 Å². The predicted molar refractivity (Wildman–Crippen MR) is 86.6 cm³/mol. The molecule has 1 N–H and O–H groups in total. The molecule has 0 aromatic heterocycles. The maximum Gasteiger partial charge on any atom is 0.242 e. The zero-order chi connectivity index (χ0) is 14.3. The maximum atomic E-state index is 12.0. The van der Waals surface area contributed by atoms with Crippen molar-refractivity contribution >= 4 is 49.3 Å². The van der Waals surface area contributed by atoms with E-state index in [-0.39, 0.29) is 9.92 Å². The molecule has 0 amide bonds. The fourth-order valence-electron chi connectivity index (χ4n) is 1.53. The summed E-state index contributed by atoms with van der Waals surface area (Å²) in [4.78, 5) is 0.126. The van der Waals surface area contributed by atoms with Crippen LogP contribution in [0.25, 0.3) is 0 Å². The van der Waals surface area contributed by atoms with Gasteiger partial charge in [0.2, 0.25) is 10.0 Å². The highest BCUT2D eigenvalue weighted by Gasteiger charge is 2.17. The number of rotatable bonds is 8. The first-order chi connectivity index (χ1) is 8.97. The van der Waals surface area contributed by atoms with E-state index in [1.165, 1.54) is 6.07 Å². The van der Waals surface area contributed by atoms with Gasteiger partial charge in [-0.2, -0.15) is 11.8 Å². The second-order valence-corrected chi connectivity index (χ2v) is 8.07. The second-order valence-electron chi connectivity index (χ2n) is 4.03. The smallest absolute Gasteiger partial charge is 0.211 e. The number of nitrogens with one attached hydrogen (secondary N) is 1. The summed E-state index contributed by atoms with van der Waals surface area (Å²) in [5.41, 5.74) is 0. The Bertz CT molecular complexity index is 508. The Labute approximate surface area is 132 Å². The van der Waals surface area contributed by atoms with Crippen LogP contribution >= 0.6 is 39.3 Å². The Morgan fingerprint density at radius 1 is 1.32 bits per heavy atom. The predicted octanol–water partition coefficient (Wildman–Crippen LogP) is 3.91. The third kappa shape index (κ3) is 6.04. The molecule has 0 saturated carbocycles. The Morgan fingerprint density at radius 2 is 2.05 bits per heavy atom. The molecule has 1 aromatic carbocycles. The number of unbranched alkanes of at least 4 members (excludes halogenated alkanes) is 2. The molecule has 0 atom stereocenters. The normalized spacial score (nSPS) is 11.7. The highest BCUT2D eigenvalue weighted by Crippen LogP contribution is 2.24. The van der Waals surface area contributed by atoms with E-state index in [1.54, 1.807) is 23.9 Å². The topological polar surface area (TPSA) is 46.2 Å². The lowest BCUT2D eigenvalue weighted by molar-refractivity contribution is 0.576. The Hall–Kier alpha value is 0.250. The van der Waals surface area contributed by atoms with E-state index in [0.29, 0.717) is 6.54 Å². The average molecular weight is 387 g/mol. The zero-order valence-corrected chi connectivity index (χ0v) is 14.6. The van der Waals surface area contributed by atoms with Crippen molar-refractivity contribution in [2.75, 3.05) is 18.6 Å². The SMILES string of the molecule is CSCCCCCNS(=O)(=O)c1ccc(Br)cc1Cl. The number of halogens is 2. The van der Waals surface area contributed by atoms with E-state index in [9.17, 15) is 8.42 Å². The summed E-state index contributed by atoms with van der Waals surface area (Å²) in [6.45, 7) is 0.448. The summed E-state index contributed by atoms with van der Waals surface area (Å²) in [6.07, 6.45) is 5.05. The largest absolute Gasteiger partial charge is 0.242 e. The fourth-order valence-corrected chi connectivity index (χ4v) is 4.13. The lowest BCUT2D eigenvalue weighted by atomic mass is 10.2. The molecule has 19 heavy (non-hydrogen) atoms. The molecule has 0 fully saturated rings. The van der Waals surface area contributed by atoms with Crippen LogP contribution in [0.5, 0.6) is 0 Å². The molecule has 0 aliphatic carbocycles. The van der Waals surface area contributed by atoms with Crippen LogP contribution in [0.2, 0.25) is 5.02 Å². The summed E-state index contributed by atoms with van der Waals surface area (Å²) in [5, 5.41) is 0.226. The van der Waals surface area contributed by atoms with Crippen LogP contribution in [0.3, 0.4) is 0 Å². The van der Waals surface area contributed by atoms with Gasteiger partial charge in [0.15, 0.2) is 0 Å². The van der Waals surface area contributed by atoms with E-state index in [4.69, 9.17) is 11.6 Å². The van der Waals surface area contributed by atoms with Crippen LogP contribution in [-0.2, 0) is 10.0 Å². The molecule has 1 rings (SSSR count). The Balaban J connectivity index is 2.52. The minimum absolute atomic E-state index is 0.126. The first kappa shape index (κ1) is 17.3. The van der Waals surface area contributed by atoms with Crippen LogP contribution in [0.15, 0.2) is 27.6 Å². The Kier molecular flexibility index (Phi) is 7.76. The van der Waals surface area contributed by atoms with Crippen molar-refractivity contribution in [1.29, 1.82) is 0 Å². The van der Waals surface area contributed by atoms with Crippen LogP contribution in [-0.4, -0.2) is 27.0 Å². The van der Waals surface area contributed by atoms with Crippen LogP contribution in [0.4, 0.5) is 0 Å². The van der Waals surface area contributed by atoms with Crippen molar-refractivity contribution in [3.63, 3.8) is 0 Å². The minimum Gasteiger partial charge on any atom is -0.211 e. The molecular formula is C12H17BrClNO2S2. The molecule has 0 aliphatic rings. The van der Waals surface area contributed by atoms with Gasteiger partial charge in [-0.15, -0.1) is 0 Å². The van der Waals surface area contributed by atoms with Crippen LogP contribution < -0.4 is 4.72 Å². The first-order valence-electron chi connectivity index (χ1n) is 5.91. The molecule has 0 spiro atoms. The van der Waals surface area contributed by atoms with Crippen LogP contribution in [0.1, 0.15) is 19.3 Å². The molecule has 0 radical (unpaired) electrons. The molecule has 1 aromatic rings. The summed E-state index contributed by atoms with van der Waals surface area (Å²) >= 11 is 11.0. The number of hydrogen-bond acceptors (Lipinski definition) is 3. The van der Waals surface area contributed by atoms with E-state index in [1.807, 2.05) is 0 Å². The summed E-state index contributed by atoms with van der Waals surface area (Å²) in [6, 6.07) is 4.75. The zero-order valence-electron chi connectivity index (χ0n) is 10.7. The van der Waals surface area contributed by atoms with Crippen molar-refractivity contribution in [2.24, 2.45) is 0 Å². The summed E-state index contributed by atoms with van der Waals surface area (Å²) < 4.78 is 27.4. The lowest BCUT2D eigenvalue weighted by Crippen LogP contribution is -2.25. The summed E-state index contributed by atoms with van der Waals surface area (Å²) in [7, 11) is -3.51. The van der Waals surface area contributed by atoms with Crippen molar-refractivity contribution < 1.29 is 8.42 Å².